The van der Waals surface area contributed by atoms with Crippen LogP contribution in [0.3, 0.4) is 0 Å². The monoisotopic (exact) mass is 357 g/mol. The average molecular weight is 358 g/mol. The Hall–Kier alpha value is -2.18. The summed E-state index contributed by atoms with van der Waals surface area (Å²) in [6, 6.07) is 6.12. The molecule has 0 aliphatic carbocycles. The maximum atomic E-state index is 12.1. The summed E-state index contributed by atoms with van der Waals surface area (Å²) in [6.07, 6.45) is 3.41. The summed E-state index contributed by atoms with van der Waals surface area (Å²) in [7, 11) is 0. The molecular formula is C18H19N3OS2. The van der Waals surface area contributed by atoms with Gasteiger partial charge in [-0.05, 0) is 70.8 Å². The molecule has 6 heteroatoms. The molecule has 1 amide bonds. The van der Waals surface area contributed by atoms with Crippen LogP contribution in [0.25, 0.3) is 6.08 Å². The van der Waals surface area contributed by atoms with Crippen molar-refractivity contribution < 1.29 is 4.79 Å². The first-order valence-electron chi connectivity index (χ1n) is 7.66. The maximum Gasteiger partial charge on any atom is 0.244 e. The topological polar surface area (TPSA) is 46.9 Å². The molecule has 124 valence electrons. The molecule has 0 bridgehead atoms. The lowest BCUT2D eigenvalue weighted by atomic mass is 10.1. The molecule has 0 spiro atoms. The lowest BCUT2D eigenvalue weighted by Gasteiger charge is -2.18. The predicted molar refractivity (Wildman–Crippen MR) is 101 cm³/mol. The van der Waals surface area contributed by atoms with Crippen molar-refractivity contribution in [2.45, 2.75) is 19.9 Å². The number of hydrogen-bond donors (Lipinski definition) is 1. The first-order valence-corrected chi connectivity index (χ1v) is 9.55. The molecule has 3 aromatic rings. The molecule has 3 rings (SSSR count). The van der Waals surface area contributed by atoms with Gasteiger partial charge in [0.25, 0.3) is 0 Å². The highest BCUT2D eigenvalue weighted by molar-refractivity contribution is 7.08. The van der Waals surface area contributed by atoms with E-state index in [2.05, 4.69) is 27.9 Å². The van der Waals surface area contributed by atoms with Crippen LogP contribution in [0, 0.1) is 13.8 Å². The summed E-state index contributed by atoms with van der Waals surface area (Å²) < 4.78 is 1.99. The number of rotatable bonds is 6. The first-order chi connectivity index (χ1) is 11.6. The van der Waals surface area contributed by atoms with E-state index < -0.39 is 0 Å². The number of hydrogen-bond acceptors (Lipinski definition) is 4. The van der Waals surface area contributed by atoms with Crippen LogP contribution in [0.1, 0.15) is 28.6 Å². The number of aryl methyl sites for hydroxylation is 2. The van der Waals surface area contributed by atoms with Crippen molar-refractivity contribution in [3.8, 4) is 0 Å². The van der Waals surface area contributed by atoms with Gasteiger partial charge in [-0.25, -0.2) is 0 Å². The smallest absolute Gasteiger partial charge is 0.244 e. The lowest BCUT2D eigenvalue weighted by molar-refractivity contribution is -0.116. The van der Waals surface area contributed by atoms with Crippen LogP contribution in [-0.2, 0) is 4.79 Å². The van der Waals surface area contributed by atoms with Crippen LogP contribution >= 0.6 is 22.7 Å². The Bertz CT molecular complexity index is 817. The van der Waals surface area contributed by atoms with E-state index in [1.54, 1.807) is 28.7 Å². The summed E-state index contributed by atoms with van der Waals surface area (Å²) in [4.78, 5) is 12.1. The van der Waals surface area contributed by atoms with E-state index in [0.29, 0.717) is 6.54 Å². The molecule has 0 aromatic carbocycles. The Morgan fingerprint density at radius 2 is 2.08 bits per heavy atom. The largest absolute Gasteiger partial charge is 0.350 e. The minimum Gasteiger partial charge on any atom is -0.350 e. The molecule has 3 aromatic heterocycles. The fourth-order valence-electron chi connectivity index (χ4n) is 2.57. The fraction of sp³-hybridized carbons (Fsp3) is 0.222. The summed E-state index contributed by atoms with van der Waals surface area (Å²) >= 11 is 3.27. The van der Waals surface area contributed by atoms with Crippen LogP contribution in [0.2, 0.25) is 0 Å². The summed E-state index contributed by atoms with van der Waals surface area (Å²) in [5.41, 5.74) is 4.28. The first kappa shape index (κ1) is 16.7. The highest BCUT2D eigenvalue weighted by Crippen LogP contribution is 2.22. The van der Waals surface area contributed by atoms with Gasteiger partial charge in [-0.1, -0.05) is 0 Å². The predicted octanol–water partition coefficient (Wildman–Crippen LogP) is 4.04. The molecule has 1 N–H and O–H groups in total. The van der Waals surface area contributed by atoms with Crippen LogP contribution in [0.5, 0.6) is 0 Å². The zero-order valence-corrected chi connectivity index (χ0v) is 15.2. The van der Waals surface area contributed by atoms with Crippen molar-refractivity contribution in [3.05, 3.63) is 68.3 Å². The van der Waals surface area contributed by atoms with Gasteiger partial charge in [-0.15, -0.1) is 0 Å². The molecular weight excluding hydrogens is 338 g/mol. The normalized spacial score (nSPS) is 12.6. The van der Waals surface area contributed by atoms with Crippen molar-refractivity contribution in [1.29, 1.82) is 0 Å². The lowest BCUT2D eigenvalue weighted by Crippen LogP contribution is -2.30. The highest BCUT2D eigenvalue weighted by atomic mass is 32.1. The van der Waals surface area contributed by atoms with Gasteiger partial charge in [0.15, 0.2) is 0 Å². The van der Waals surface area contributed by atoms with E-state index in [1.807, 2.05) is 46.8 Å². The maximum absolute atomic E-state index is 12.1. The van der Waals surface area contributed by atoms with Gasteiger partial charge in [0.1, 0.15) is 0 Å². The minimum absolute atomic E-state index is 0.00319. The molecule has 4 nitrogen and oxygen atoms in total. The van der Waals surface area contributed by atoms with E-state index >= 15 is 0 Å². The highest BCUT2D eigenvalue weighted by Gasteiger charge is 2.18. The third-order valence-electron chi connectivity index (χ3n) is 3.71. The van der Waals surface area contributed by atoms with Gasteiger partial charge in [0, 0.05) is 18.3 Å². The van der Waals surface area contributed by atoms with Crippen LogP contribution in [0.15, 0.2) is 45.8 Å². The molecule has 1 unspecified atom stereocenters. The Morgan fingerprint density at radius 1 is 1.29 bits per heavy atom. The SMILES string of the molecule is Cc1cc(C)n(C(CNC(=O)/C=C/c2ccsc2)c2ccsc2)n1. The number of amides is 1. The molecule has 0 radical (unpaired) electrons. The van der Waals surface area contributed by atoms with Crippen LogP contribution in [0.4, 0.5) is 0 Å². The van der Waals surface area contributed by atoms with Crippen molar-refractivity contribution in [2.24, 2.45) is 0 Å². The number of carbonyl (C=O) groups is 1. The number of carbonyl (C=O) groups excluding carboxylic acids is 1. The molecule has 24 heavy (non-hydrogen) atoms. The average Bonchev–Trinajstić information content (AvgIpc) is 3.29. The van der Waals surface area contributed by atoms with Crippen molar-refractivity contribution in [3.63, 3.8) is 0 Å². The van der Waals surface area contributed by atoms with Crippen molar-refractivity contribution in [2.75, 3.05) is 6.54 Å². The van der Waals surface area contributed by atoms with Gasteiger partial charge in [0.2, 0.25) is 5.91 Å². The number of nitrogens with zero attached hydrogens (tertiary/aromatic N) is 2. The summed E-state index contributed by atoms with van der Waals surface area (Å²) in [5, 5.41) is 15.7. The third kappa shape index (κ3) is 4.01. The fourth-order valence-corrected chi connectivity index (χ4v) is 3.91. The number of thiophene rings is 2. The molecule has 0 aliphatic heterocycles. The van der Waals surface area contributed by atoms with E-state index in [0.717, 1.165) is 22.5 Å². The van der Waals surface area contributed by atoms with E-state index in [1.165, 1.54) is 0 Å². The van der Waals surface area contributed by atoms with Crippen molar-refractivity contribution >= 4 is 34.7 Å². The molecule has 0 fully saturated rings. The van der Waals surface area contributed by atoms with Crippen LogP contribution < -0.4 is 5.32 Å². The Kier molecular flexibility index (Phi) is 5.27. The second-order valence-electron chi connectivity index (χ2n) is 5.58. The van der Waals surface area contributed by atoms with Gasteiger partial charge in [-0.3, -0.25) is 9.48 Å². The Morgan fingerprint density at radius 3 is 2.71 bits per heavy atom. The second kappa shape index (κ2) is 7.59. The van der Waals surface area contributed by atoms with Crippen LogP contribution in [-0.4, -0.2) is 22.2 Å². The molecule has 1 atom stereocenters. The molecule has 0 saturated carbocycles. The van der Waals surface area contributed by atoms with Gasteiger partial charge in [-0.2, -0.15) is 27.8 Å². The quantitative estimate of drug-likeness (QED) is 0.677. The number of nitrogens with one attached hydrogen (secondary N) is 1. The molecule has 0 saturated heterocycles. The van der Waals surface area contributed by atoms with E-state index in [-0.39, 0.29) is 11.9 Å². The number of aromatic nitrogens is 2. The zero-order chi connectivity index (χ0) is 16.9. The summed E-state index contributed by atoms with van der Waals surface area (Å²) in [6.45, 7) is 4.53. The summed E-state index contributed by atoms with van der Waals surface area (Å²) in [5.74, 6) is -0.0945. The standard InChI is InChI=1S/C18H19N3OS2/c1-13-9-14(2)21(20-13)17(16-6-8-24-12-16)10-19-18(22)4-3-15-5-7-23-11-15/h3-9,11-12,17H,10H2,1-2H3,(H,19,22)/b4-3+. The van der Waals surface area contributed by atoms with E-state index in [9.17, 15) is 4.79 Å². The zero-order valence-electron chi connectivity index (χ0n) is 13.6. The van der Waals surface area contributed by atoms with Gasteiger partial charge < -0.3 is 5.32 Å². The molecule has 0 aliphatic rings. The van der Waals surface area contributed by atoms with E-state index in [4.69, 9.17) is 0 Å². The second-order valence-corrected chi connectivity index (χ2v) is 7.14. The van der Waals surface area contributed by atoms with Gasteiger partial charge >= 0.3 is 0 Å². The third-order valence-corrected chi connectivity index (χ3v) is 5.11. The minimum atomic E-state index is -0.0945. The van der Waals surface area contributed by atoms with Gasteiger partial charge in [0.05, 0.1) is 11.7 Å². The Labute approximate surface area is 149 Å². The molecule has 3 heterocycles. The van der Waals surface area contributed by atoms with Crippen molar-refractivity contribution in [1.82, 2.24) is 15.1 Å². The Balaban J connectivity index is 1.71.